The quantitative estimate of drug-likeness (QED) is 0.284. The van der Waals surface area contributed by atoms with Crippen molar-refractivity contribution < 1.29 is 22.6 Å². The molecule has 0 aliphatic heterocycles. The first-order chi connectivity index (χ1) is 16.5. The third kappa shape index (κ3) is 6.11. The van der Waals surface area contributed by atoms with Crippen molar-refractivity contribution >= 4 is 10.8 Å². The summed E-state index contributed by atoms with van der Waals surface area (Å²) in [6.45, 7) is -2.36. The van der Waals surface area contributed by atoms with Gasteiger partial charge in [0.2, 0.25) is 0 Å². The topological polar surface area (TPSA) is 44.2 Å². The molecule has 4 rings (SSSR count). The zero-order valence-corrected chi connectivity index (χ0v) is 18.8. The van der Waals surface area contributed by atoms with Gasteiger partial charge in [0.25, 0.3) is 0 Å². The second-order valence-corrected chi connectivity index (χ2v) is 8.06. The lowest BCUT2D eigenvalue weighted by Crippen LogP contribution is -2.02. The zero-order chi connectivity index (χ0) is 23.9. The lowest BCUT2D eigenvalue weighted by atomic mass is 9.98. The van der Waals surface area contributed by atoms with Crippen LogP contribution in [-0.2, 0) is 37.0 Å². The van der Waals surface area contributed by atoms with Gasteiger partial charge in [-0.15, -0.1) is 0 Å². The van der Waals surface area contributed by atoms with Gasteiger partial charge in [-0.05, 0) is 53.5 Å². The lowest BCUT2D eigenvalue weighted by molar-refractivity contribution is -0.0498. The molecule has 0 saturated carbocycles. The van der Waals surface area contributed by atoms with E-state index in [9.17, 15) is 8.78 Å². The molecule has 0 atom stereocenters. The maximum atomic E-state index is 15.1. The van der Waals surface area contributed by atoms with E-state index in [-0.39, 0.29) is 11.6 Å². The Hall–Kier alpha value is -3.45. The van der Waals surface area contributed by atoms with Crippen LogP contribution in [0.1, 0.15) is 28.1 Å². The average molecular weight is 467 g/mol. The van der Waals surface area contributed by atoms with E-state index >= 15 is 4.39 Å². The maximum Gasteiger partial charge on any atom is 0.387 e. The molecule has 0 spiro atoms. The fourth-order valence-corrected chi connectivity index (χ4v) is 3.86. The Morgan fingerprint density at radius 2 is 1.50 bits per heavy atom. The van der Waals surface area contributed by atoms with Gasteiger partial charge in [-0.25, -0.2) is 14.4 Å². The van der Waals surface area contributed by atoms with E-state index in [1.165, 1.54) is 12.1 Å². The van der Waals surface area contributed by atoms with Crippen LogP contribution in [0, 0.1) is 5.82 Å². The molecular formula is C27H25F3N2O2. The molecule has 1 aromatic heterocycles. The summed E-state index contributed by atoms with van der Waals surface area (Å²) in [5.74, 6) is 0.648. The van der Waals surface area contributed by atoms with Crippen LogP contribution in [0.4, 0.5) is 13.2 Å². The molecule has 34 heavy (non-hydrogen) atoms. The number of fused-ring (bicyclic) bond motifs is 1. The summed E-state index contributed by atoms with van der Waals surface area (Å²) in [5, 5.41) is 1.44. The molecule has 7 heteroatoms. The van der Waals surface area contributed by atoms with E-state index < -0.39 is 6.61 Å². The van der Waals surface area contributed by atoms with Gasteiger partial charge >= 0.3 is 6.61 Å². The van der Waals surface area contributed by atoms with Crippen LogP contribution in [-0.4, -0.2) is 23.7 Å². The monoisotopic (exact) mass is 466 g/mol. The van der Waals surface area contributed by atoms with E-state index in [1.807, 2.05) is 30.3 Å². The highest BCUT2D eigenvalue weighted by Crippen LogP contribution is 2.24. The molecule has 176 valence electrons. The number of nitrogens with zero attached hydrogens (tertiary/aromatic N) is 2. The summed E-state index contributed by atoms with van der Waals surface area (Å²) < 4.78 is 49.1. The fraction of sp³-hybridized carbons (Fsp3) is 0.259. The highest BCUT2D eigenvalue weighted by Gasteiger charge is 2.10. The number of benzene rings is 3. The normalized spacial score (nSPS) is 11.3. The van der Waals surface area contributed by atoms with Gasteiger partial charge in [0.05, 0.1) is 6.61 Å². The third-order valence-corrected chi connectivity index (χ3v) is 5.64. The summed E-state index contributed by atoms with van der Waals surface area (Å²) in [7, 11) is 1.63. The molecule has 0 aliphatic carbocycles. The van der Waals surface area contributed by atoms with Crippen molar-refractivity contribution in [1.82, 2.24) is 9.97 Å². The molecule has 0 bridgehead atoms. The molecule has 4 aromatic rings. The second kappa shape index (κ2) is 11.1. The van der Waals surface area contributed by atoms with Gasteiger partial charge in [0.15, 0.2) is 0 Å². The first-order valence-electron chi connectivity index (χ1n) is 11.0. The molecule has 0 unspecified atom stereocenters. The van der Waals surface area contributed by atoms with Gasteiger partial charge in [-0.3, -0.25) is 0 Å². The Balaban J connectivity index is 1.39. The van der Waals surface area contributed by atoms with Crippen LogP contribution in [0.15, 0.2) is 67.0 Å². The van der Waals surface area contributed by atoms with Crippen LogP contribution in [0.5, 0.6) is 5.75 Å². The van der Waals surface area contributed by atoms with Crippen LogP contribution in [0.25, 0.3) is 10.8 Å². The Bertz CT molecular complexity index is 1230. The van der Waals surface area contributed by atoms with E-state index in [1.54, 1.807) is 31.6 Å². The Morgan fingerprint density at radius 3 is 2.21 bits per heavy atom. The Morgan fingerprint density at radius 1 is 0.794 bits per heavy atom. The molecule has 3 aromatic carbocycles. The number of hydrogen-bond acceptors (Lipinski definition) is 4. The first-order valence-corrected chi connectivity index (χ1v) is 11.0. The SMILES string of the molecule is COCc1cnc(CCc2ccc3c(F)c(CCc4ccc(OC(F)F)cc4)ccc3c2)nc1. The molecule has 0 aliphatic rings. The number of aryl methyl sites for hydroxylation is 4. The van der Waals surface area contributed by atoms with Crippen molar-refractivity contribution in [3.05, 3.63) is 101 Å². The number of aromatic nitrogens is 2. The van der Waals surface area contributed by atoms with Crippen molar-refractivity contribution in [1.29, 1.82) is 0 Å². The van der Waals surface area contributed by atoms with Gasteiger partial charge in [-0.2, -0.15) is 8.78 Å². The predicted molar refractivity (Wildman–Crippen MR) is 125 cm³/mol. The predicted octanol–water partition coefficient (Wildman–Crippen LogP) is 6.09. The van der Waals surface area contributed by atoms with Crippen molar-refractivity contribution in [2.45, 2.75) is 38.9 Å². The summed E-state index contributed by atoms with van der Waals surface area (Å²) in [5.41, 5.74) is 3.57. The van der Waals surface area contributed by atoms with Crippen LogP contribution in [0.3, 0.4) is 0 Å². The highest BCUT2D eigenvalue weighted by molar-refractivity contribution is 5.84. The molecule has 0 N–H and O–H groups in total. The zero-order valence-electron chi connectivity index (χ0n) is 18.8. The standard InChI is InChI=1S/C27H25F3N2O2/c1-33-17-20-15-31-25(32-16-20)13-6-19-5-12-24-22(14-19)9-8-21(26(24)28)7-2-18-3-10-23(11-4-18)34-27(29)30/h3-5,8-12,14-16,27H,2,6-7,13,17H2,1H3. The van der Waals surface area contributed by atoms with E-state index in [0.29, 0.717) is 36.8 Å². The summed E-state index contributed by atoms with van der Waals surface area (Å²) in [4.78, 5) is 8.74. The minimum absolute atomic E-state index is 0.112. The minimum Gasteiger partial charge on any atom is -0.435 e. The third-order valence-electron chi connectivity index (χ3n) is 5.64. The smallest absolute Gasteiger partial charge is 0.387 e. The largest absolute Gasteiger partial charge is 0.435 e. The van der Waals surface area contributed by atoms with Crippen molar-refractivity contribution in [3.63, 3.8) is 0 Å². The van der Waals surface area contributed by atoms with Gasteiger partial charge in [0.1, 0.15) is 17.4 Å². The Kier molecular flexibility index (Phi) is 7.75. The van der Waals surface area contributed by atoms with Crippen molar-refractivity contribution in [2.75, 3.05) is 7.11 Å². The van der Waals surface area contributed by atoms with E-state index in [0.717, 1.165) is 34.3 Å². The summed E-state index contributed by atoms with van der Waals surface area (Å²) >= 11 is 0. The molecule has 0 saturated heterocycles. The first kappa shape index (κ1) is 23.7. The summed E-state index contributed by atoms with van der Waals surface area (Å²) in [6, 6.07) is 16.0. The van der Waals surface area contributed by atoms with Crippen LogP contribution >= 0.6 is 0 Å². The average Bonchev–Trinajstić information content (AvgIpc) is 2.84. The van der Waals surface area contributed by atoms with E-state index in [4.69, 9.17) is 4.74 Å². The van der Waals surface area contributed by atoms with Gasteiger partial charge in [0, 0.05) is 36.9 Å². The minimum atomic E-state index is -2.85. The number of alkyl halides is 2. The number of ether oxygens (including phenoxy) is 2. The highest BCUT2D eigenvalue weighted by atomic mass is 19.3. The number of rotatable bonds is 10. The maximum absolute atomic E-state index is 15.1. The summed E-state index contributed by atoms with van der Waals surface area (Å²) in [6.07, 6.45) is 6.10. The van der Waals surface area contributed by atoms with E-state index in [2.05, 4.69) is 14.7 Å². The molecule has 1 heterocycles. The molecule has 0 amide bonds. The second-order valence-electron chi connectivity index (χ2n) is 8.06. The van der Waals surface area contributed by atoms with Crippen molar-refractivity contribution in [3.8, 4) is 5.75 Å². The van der Waals surface area contributed by atoms with Gasteiger partial charge in [-0.1, -0.05) is 42.5 Å². The number of halogens is 3. The van der Waals surface area contributed by atoms with Crippen molar-refractivity contribution in [2.24, 2.45) is 0 Å². The van der Waals surface area contributed by atoms with Crippen LogP contribution in [0.2, 0.25) is 0 Å². The van der Waals surface area contributed by atoms with Crippen LogP contribution < -0.4 is 4.74 Å². The fourth-order valence-electron chi connectivity index (χ4n) is 3.86. The molecule has 0 radical (unpaired) electrons. The molecular weight excluding hydrogens is 441 g/mol. The molecule has 0 fully saturated rings. The Labute approximate surface area is 196 Å². The molecule has 4 nitrogen and oxygen atoms in total. The number of hydrogen-bond donors (Lipinski definition) is 0. The van der Waals surface area contributed by atoms with Gasteiger partial charge < -0.3 is 9.47 Å². The number of methoxy groups -OCH3 is 1. The lowest BCUT2D eigenvalue weighted by Gasteiger charge is -2.10.